The number of nitrogens with zero attached hydrogens (tertiary/aromatic N) is 2. The fourth-order valence-corrected chi connectivity index (χ4v) is 4.65. The van der Waals surface area contributed by atoms with Crippen LogP contribution in [0.2, 0.25) is 0 Å². The Hall–Kier alpha value is -3.55. The molecule has 5 rings (SSSR count). The third kappa shape index (κ3) is 5.42. The molecule has 0 unspecified atom stereocenters. The van der Waals surface area contributed by atoms with E-state index in [0.29, 0.717) is 17.8 Å². The Balaban J connectivity index is 1.37. The lowest BCUT2D eigenvalue weighted by Crippen LogP contribution is -2.32. The number of carbonyl (C=O) groups excluding carboxylic acids is 2. The van der Waals surface area contributed by atoms with Gasteiger partial charge in [0, 0.05) is 52.9 Å². The van der Waals surface area contributed by atoms with Crippen LogP contribution >= 0.6 is 15.9 Å². The van der Waals surface area contributed by atoms with Gasteiger partial charge >= 0.3 is 5.97 Å². The Labute approximate surface area is 212 Å². The molecule has 0 saturated heterocycles. The van der Waals surface area contributed by atoms with Gasteiger partial charge in [-0.05, 0) is 35.9 Å². The van der Waals surface area contributed by atoms with Gasteiger partial charge in [-0.2, -0.15) is 0 Å². The van der Waals surface area contributed by atoms with Gasteiger partial charge in [-0.1, -0.05) is 64.5 Å². The maximum atomic E-state index is 13.3. The molecule has 0 atom stereocenters. The quantitative estimate of drug-likeness (QED) is 0.341. The van der Waals surface area contributed by atoms with Crippen molar-refractivity contribution in [1.82, 2.24) is 9.88 Å². The maximum absolute atomic E-state index is 13.3. The number of rotatable bonds is 6. The fourth-order valence-electron chi connectivity index (χ4n) is 4.39. The molecule has 6 nitrogen and oxygen atoms in total. The number of hydrogen-bond donors (Lipinski definition) is 1. The SMILES string of the molecule is O=C(COC(=O)c1c2c(nc3ccccc13)CCN(Cc1ccccc1)C2)Nc1ccc(Br)cc1. The summed E-state index contributed by atoms with van der Waals surface area (Å²) in [5.74, 6) is -0.897. The summed E-state index contributed by atoms with van der Waals surface area (Å²) in [6.45, 7) is 1.88. The van der Waals surface area contributed by atoms with Gasteiger partial charge in [0.05, 0.1) is 11.1 Å². The molecule has 3 aromatic carbocycles. The standard InChI is InChI=1S/C28H24BrN3O3/c29-20-10-12-21(13-11-20)30-26(33)18-35-28(34)27-22-8-4-5-9-24(22)31-25-14-15-32(17-23(25)27)16-19-6-2-1-3-7-19/h1-13H,14-18H2,(H,30,33). The molecule has 1 N–H and O–H groups in total. The fraction of sp³-hybridized carbons (Fsp3) is 0.179. The van der Waals surface area contributed by atoms with Crippen molar-refractivity contribution in [3.8, 4) is 0 Å². The van der Waals surface area contributed by atoms with Crippen molar-refractivity contribution in [1.29, 1.82) is 0 Å². The average Bonchev–Trinajstić information content (AvgIpc) is 2.88. The highest BCUT2D eigenvalue weighted by molar-refractivity contribution is 9.10. The Morgan fingerprint density at radius 2 is 1.71 bits per heavy atom. The Bertz CT molecular complexity index is 1370. The number of nitrogens with one attached hydrogen (secondary N) is 1. The molecule has 1 amide bonds. The summed E-state index contributed by atoms with van der Waals surface area (Å²) in [5.41, 5.74) is 4.91. The molecule has 1 aliphatic rings. The smallest absolute Gasteiger partial charge is 0.339 e. The predicted octanol–water partition coefficient (Wildman–Crippen LogP) is 5.35. The maximum Gasteiger partial charge on any atom is 0.339 e. The van der Waals surface area contributed by atoms with Crippen LogP contribution in [-0.4, -0.2) is 34.9 Å². The molecule has 0 bridgehead atoms. The van der Waals surface area contributed by atoms with E-state index < -0.39 is 11.9 Å². The highest BCUT2D eigenvalue weighted by Crippen LogP contribution is 2.29. The highest BCUT2D eigenvalue weighted by Gasteiger charge is 2.27. The first-order valence-electron chi connectivity index (χ1n) is 11.5. The average molecular weight is 530 g/mol. The zero-order chi connectivity index (χ0) is 24.2. The monoisotopic (exact) mass is 529 g/mol. The van der Waals surface area contributed by atoms with E-state index in [1.54, 1.807) is 12.1 Å². The lowest BCUT2D eigenvalue weighted by molar-refractivity contribution is -0.119. The van der Waals surface area contributed by atoms with E-state index in [1.165, 1.54) is 5.56 Å². The van der Waals surface area contributed by atoms with Crippen LogP contribution in [0, 0.1) is 0 Å². The number of para-hydroxylation sites is 1. The minimum atomic E-state index is -0.507. The van der Waals surface area contributed by atoms with E-state index in [0.717, 1.165) is 46.1 Å². The van der Waals surface area contributed by atoms with E-state index in [1.807, 2.05) is 54.6 Å². The first kappa shape index (κ1) is 23.2. The Morgan fingerprint density at radius 1 is 0.971 bits per heavy atom. The highest BCUT2D eigenvalue weighted by atomic mass is 79.9. The summed E-state index contributed by atoms with van der Waals surface area (Å²) in [4.78, 5) is 32.9. The number of ether oxygens (including phenoxy) is 1. The summed E-state index contributed by atoms with van der Waals surface area (Å²) in [6, 6.07) is 25.1. The van der Waals surface area contributed by atoms with Gasteiger partial charge in [0.15, 0.2) is 6.61 Å². The van der Waals surface area contributed by atoms with Crippen LogP contribution in [0.4, 0.5) is 5.69 Å². The zero-order valence-corrected chi connectivity index (χ0v) is 20.6. The van der Waals surface area contributed by atoms with Crippen molar-refractivity contribution in [2.45, 2.75) is 19.5 Å². The van der Waals surface area contributed by atoms with Crippen LogP contribution in [-0.2, 0) is 29.0 Å². The third-order valence-corrected chi connectivity index (χ3v) is 6.57. The number of esters is 1. The van der Waals surface area contributed by atoms with Crippen LogP contribution in [0.15, 0.2) is 83.3 Å². The number of amides is 1. The number of anilines is 1. The second-order valence-electron chi connectivity index (χ2n) is 8.51. The third-order valence-electron chi connectivity index (χ3n) is 6.04. The van der Waals surface area contributed by atoms with Gasteiger partial charge in [-0.25, -0.2) is 4.79 Å². The Morgan fingerprint density at radius 3 is 2.51 bits per heavy atom. The first-order chi connectivity index (χ1) is 17.1. The van der Waals surface area contributed by atoms with E-state index in [9.17, 15) is 9.59 Å². The summed E-state index contributed by atoms with van der Waals surface area (Å²) < 4.78 is 6.42. The lowest BCUT2D eigenvalue weighted by Gasteiger charge is -2.30. The van der Waals surface area contributed by atoms with Crippen molar-refractivity contribution in [2.24, 2.45) is 0 Å². The molecule has 1 aromatic heterocycles. The molecule has 7 heteroatoms. The van der Waals surface area contributed by atoms with Gasteiger partial charge in [0.25, 0.3) is 5.91 Å². The lowest BCUT2D eigenvalue weighted by atomic mass is 9.95. The zero-order valence-electron chi connectivity index (χ0n) is 19.0. The molecule has 35 heavy (non-hydrogen) atoms. The largest absolute Gasteiger partial charge is 0.452 e. The van der Waals surface area contributed by atoms with E-state index >= 15 is 0 Å². The van der Waals surface area contributed by atoms with Crippen molar-refractivity contribution >= 4 is 44.4 Å². The van der Waals surface area contributed by atoms with Crippen LogP contribution in [0.3, 0.4) is 0 Å². The van der Waals surface area contributed by atoms with Crippen LogP contribution in [0.1, 0.15) is 27.2 Å². The molecular weight excluding hydrogens is 506 g/mol. The number of pyridine rings is 1. The van der Waals surface area contributed by atoms with E-state index in [4.69, 9.17) is 9.72 Å². The molecule has 2 heterocycles. The van der Waals surface area contributed by atoms with E-state index in [2.05, 4.69) is 38.3 Å². The summed E-state index contributed by atoms with van der Waals surface area (Å²) >= 11 is 3.37. The number of benzene rings is 3. The number of halogens is 1. The minimum absolute atomic E-state index is 0.367. The predicted molar refractivity (Wildman–Crippen MR) is 139 cm³/mol. The molecule has 1 aliphatic heterocycles. The first-order valence-corrected chi connectivity index (χ1v) is 12.3. The number of carbonyl (C=O) groups is 2. The molecule has 4 aromatic rings. The van der Waals surface area contributed by atoms with Gasteiger partial charge in [-0.15, -0.1) is 0 Å². The normalized spacial score (nSPS) is 13.3. The summed E-state index contributed by atoms with van der Waals surface area (Å²) in [6.07, 6.45) is 0.747. The molecule has 0 radical (unpaired) electrons. The van der Waals surface area contributed by atoms with Crippen LogP contribution in [0.25, 0.3) is 10.9 Å². The Kier molecular flexibility index (Phi) is 6.88. The minimum Gasteiger partial charge on any atom is -0.452 e. The van der Waals surface area contributed by atoms with Crippen molar-refractivity contribution < 1.29 is 14.3 Å². The van der Waals surface area contributed by atoms with Crippen LogP contribution in [0.5, 0.6) is 0 Å². The van der Waals surface area contributed by atoms with Crippen molar-refractivity contribution in [3.63, 3.8) is 0 Å². The van der Waals surface area contributed by atoms with Gasteiger partial charge in [0.2, 0.25) is 0 Å². The summed E-state index contributed by atoms with van der Waals surface area (Å²) in [7, 11) is 0. The van der Waals surface area contributed by atoms with Crippen molar-refractivity contribution in [3.05, 3.63) is 106 Å². The number of hydrogen-bond acceptors (Lipinski definition) is 5. The molecule has 0 aliphatic carbocycles. The van der Waals surface area contributed by atoms with Gasteiger partial charge in [-0.3, -0.25) is 14.7 Å². The van der Waals surface area contributed by atoms with Gasteiger partial charge in [0.1, 0.15) is 0 Å². The van der Waals surface area contributed by atoms with Gasteiger partial charge < -0.3 is 10.1 Å². The number of aromatic nitrogens is 1. The van der Waals surface area contributed by atoms with Crippen LogP contribution < -0.4 is 5.32 Å². The summed E-state index contributed by atoms with van der Waals surface area (Å²) in [5, 5.41) is 3.49. The molecule has 0 fully saturated rings. The molecular formula is C28H24BrN3O3. The number of fused-ring (bicyclic) bond motifs is 2. The molecule has 0 spiro atoms. The molecule has 0 saturated carbocycles. The molecule has 176 valence electrons. The topological polar surface area (TPSA) is 71.5 Å². The second-order valence-corrected chi connectivity index (χ2v) is 9.42. The van der Waals surface area contributed by atoms with E-state index in [-0.39, 0.29) is 6.61 Å². The second kappa shape index (κ2) is 10.4. The van der Waals surface area contributed by atoms with Crippen molar-refractivity contribution in [2.75, 3.05) is 18.5 Å².